The van der Waals surface area contributed by atoms with Crippen LogP contribution in [0.5, 0.6) is 23.0 Å². The Bertz CT molecular complexity index is 1380. The summed E-state index contributed by atoms with van der Waals surface area (Å²) in [6.07, 6.45) is 0. The van der Waals surface area contributed by atoms with Crippen LogP contribution in [0.3, 0.4) is 0 Å². The summed E-state index contributed by atoms with van der Waals surface area (Å²) in [4.78, 5) is 25.2. The number of amides is 2. The molecule has 9 heteroatoms. The fourth-order valence-corrected chi connectivity index (χ4v) is 3.52. The number of carbonyl (C=O) groups excluding carboxylic acids is 1. The van der Waals surface area contributed by atoms with Crippen LogP contribution in [0.2, 0.25) is 0 Å². The molecule has 2 amide bonds. The van der Waals surface area contributed by atoms with Gasteiger partial charge in [-0.1, -0.05) is 18.2 Å². The summed E-state index contributed by atoms with van der Waals surface area (Å²) in [5, 5.41) is 5.59. The number of fused-ring (bicyclic) bond motifs is 1. The maximum atomic E-state index is 12.8. The minimum absolute atomic E-state index is 0.178. The first-order valence-electron chi connectivity index (χ1n) is 10.1. The van der Waals surface area contributed by atoms with Gasteiger partial charge in [0.05, 0.1) is 30.9 Å². The van der Waals surface area contributed by atoms with Crippen molar-refractivity contribution in [1.29, 1.82) is 0 Å². The molecule has 4 rings (SSSR count). The molecule has 0 radical (unpaired) electrons. The predicted octanol–water partition coefficient (Wildman–Crippen LogP) is 4.33. The fraction of sp³-hybridized carbons (Fsp3) is 0.167. The molecular weight excluding hydrogens is 424 g/mol. The third-order valence-corrected chi connectivity index (χ3v) is 5.23. The van der Waals surface area contributed by atoms with E-state index >= 15 is 0 Å². The molecule has 3 aromatic carbocycles. The van der Waals surface area contributed by atoms with E-state index < -0.39 is 6.03 Å². The Kier molecular flexibility index (Phi) is 5.95. The van der Waals surface area contributed by atoms with Gasteiger partial charge in [0, 0.05) is 31.9 Å². The molecule has 1 heterocycles. The van der Waals surface area contributed by atoms with Crippen molar-refractivity contribution >= 4 is 28.4 Å². The first kappa shape index (κ1) is 21.8. The maximum absolute atomic E-state index is 12.8. The summed E-state index contributed by atoms with van der Waals surface area (Å²) in [5.74, 6) is 2.04. The van der Waals surface area contributed by atoms with E-state index in [1.807, 2.05) is 30.3 Å². The number of rotatable bonds is 6. The van der Waals surface area contributed by atoms with Gasteiger partial charge in [0.2, 0.25) is 0 Å². The van der Waals surface area contributed by atoms with Crippen LogP contribution in [0.1, 0.15) is 0 Å². The van der Waals surface area contributed by atoms with Gasteiger partial charge in [0.1, 0.15) is 5.75 Å². The average Bonchev–Trinajstić information content (AvgIpc) is 3.03. The highest BCUT2D eigenvalue weighted by atomic mass is 16.5. The van der Waals surface area contributed by atoms with E-state index in [2.05, 4.69) is 10.6 Å². The second kappa shape index (κ2) is 8.99. The minimum Gasteiger partial charge on any atom is -0.493 e. The van der Waals surface area contributed by atoms with Crippen LogP contribution in [0.15, 0.2) is 65.5 Å². The van der Waals surface area contributed by atoms with Crippen LogP contribution in [0.25, 0.3) is 11.0 Å². The first-order valence-corrected chi connectivity index (χ1v) is 10.1. The quantitative estimate of drug-likeness (QED) is 0.458. The van der Waals surface area contributed by atoms with Gasteiger partial charge >= 0.3 is 11.7 Å². The minimum atomic E-state index is -0.486. The summed E-state index contributed by atoms with van der Waals surface area (Å²) in [6, 6.07) is 17.2. The zero-order chi connectivity index (χ0) is 23.5. The molecule has 1 aromatic heterocycles. The molecule has 0 unspecified atom stereocenters. The number of aryl methyl sites for hydroxylation is 2. The Morgan fingerprint density at radius 1 is 0.788 bits per heavy atom. The average molecular weight is 448 g/mol. The van der Waals surface area contributed by atoms with Crippen LogP contribution in [-0.2, 0) is 14.1 Å². The summed E-state index contributed by atoms with van der Waals surface area (Å²) < 4.78 is 19.6. The number of benzene rings is 3. The number of methoxy groups -OCH3 is 2. The summed E-state index contributed by atoms with van der Waals surface area (Å²) in [7, 11) is 6.43. The van der Waals surface area contributed by atoms with E-state index in [1.165, 1.54) is 16.2 Å². The van der Waals surface area contributed by atoms with E-state index in [0.717, 1.165) is 0 Å². The number of aromatic nitrogens is 2. The highest BCUT2D eigenvalue weighted by Gasteiger charge is 2.16. The second-order valence-electron chi connectivity index (χ2n) is 7.30. The summed E-state index contributed by atoms with van der Waals surface area (Å²) in [6.45, 7) is 0. The first-order chi connectivity index (χ1) is 15.9. The number of hydrogen-bond acceptors (Lipinski definition) is 5. The number of para-hydroxylation sites is 1. The smallest absolute Gasteiger partial charge is 0.328 e. The largest absolute Gasteiger partial charge is 0.493 e. The van der Waals surface area contributed by atoms with Crippen LogP contribution in [-0.4, -0.2) is 29.4 Å². The Morgan fingerprint density at radius 2 is 1.45 bits per heavy atom. The van der Waals surface area contributed by atoms with Gasteiger partial charge < -0.3 is 24.8 Å². The molecule has 0 atom stereocenters. The lowest BCUT2D eigenvalue weighted by Gasteiger charge is -2.15. The zero-order valence-corrected chi connectivity index (χ0v) is 18.7. The predicted molar refractivity (Wildman–Crippen MR) is 127 cm³/mol. The van der Waals surface area contributed by atoms with E-state index in [-0.39, 0.29) is 5.69 Å². The fourth-order valence-electron chi connectivity index (χ4n) is 3.52. The van der Waals surface area contributed by atoms with E-state index in [4.69, 9.17) is 14.2 Å². The Labute approximate surface area is 190 Å². The SMILES string of the molecule is COc1ccc(NC(=O)Nc2cc3c(cc2Oc2ccccc2)n(C)c(=O)n3C)cc1OC. The molecule has 4 aromatic rings. The van der Waals surface area contributed by atoms with Crippen LogP contribution < -0.4 is 30.5 Å². The highest BCUT2D eigenvalue weighted by Crippen LogP contribution is 2.34. The third-order valence-electron chi connectivity index (χ3n) is 5.23. The molecular formula is C24H24N4O5. The van der Waals surface area contributed by atoms with E-state index in [9.17, 15) is 9.59 Å². The lowest BCUT2D eigenvalue weighted by molar-refractivity contribution is 0.262. The number of urea groups is 1. The molecule has 0 saturated heterocycles. The van der Waals surface area contributed by atoms with Gasteiger partial charge in [-0.25, -0.2) is 9.59 Å². The van der Waals surface area contributed by atoms with Gasteiger partial charge in [-0.15, -0.1) is 0 Å². The number of ether oxygens (including phenoxy) is 3. The molecule has 0 bridgehead atoms. The number of anilines is 2. The van der Waals surface area contributed by atoms with Crippen molar-refractivity contribution in [2.75, 3.05) is 24.9 Å². The van der Waals surface area contributed by atoms with Gasteiger partial charge in [0.15, 0.2) is 17.2 Å². The number of nitrogens with one attached hydrogen (secondary N) is 2. The molecule has 0 aliphatic rings. The van der Waals surface area contributed by atoms with Crippen molar-refractivity contribution in [3.63, 3.8) is 0 Å². The zero-order valence-electron chi connectivity index (χ0n) is 18.7. The van der Waals surface area contributed by atoms with Crippen LogP contribution in [0, 0.1) is 0 Å². The lowest BCUT2D eigenvalue weighted by atomic mass is 10.2. The number of imidazole rings is 1. The molecule has 0 aliphatic carbocycles. The van der Waals surface area contributed by atoms with E-state index in [0.29, 0.717) is 45.4 Å². The summed E-state index contributed by atoms with van der Waals surface area (Å²) >= 11 is 0. The normalized spacial score (nSPS) is 10.7. The van der Waals surface area contributed by atoms with Gasteiger partial charge in [-0.3, -0.25) is 9.13 Å². The molecule has 9 nitrogen and oxygen atoms in total. The van der Waals surface area contributed by atoms with Crippen LogP contribution >= 0.6 is 0 Å². The van der Waals surface area contributed by atoms with E-state index in [1.54, 1.807) is 51.5 Å². The summed E-state index contributed by atoms with van der Waals surface area (Å²) in [5.41, 5.74) is 2.08. The van der Waals surface area contributed by atoms with Crippen molar-refractivity contribution in [1.82, 2.24) is 9.13 Å². The standard InChI is InChI=1S/C24H24N4O5/c1-27-18-13-17(26-23(29)25-15-10-11-20(31-3)22(12-15)32-4)21(14-19(18)28(2)24(27)30)33-16-8-6-5-7-9-16/h5-14H,1-4H3,(H2,25,26,29). The molecule has 0 saturated carbocycles. The lowest BCUT2D eigenvalue weighted by Crippen LogP contribution is -2.20. The van der Waals surface area contributed by atoms with Gasteiger partial charge in [-0.2, -0.15) is 0 Å². The van der Waals surface area contributed by atoms with Crippen molar-refractivity contribution in [2.24, 2.45) is 14.1 Å². The molecule has 170 valence electrons. The monoisotopic (exact) mass is 448 g/mol. The third kappa shape index (κ3) is 4.33. The van der Waals surface area contributed by atoms with Crippen LogP contribution in [0.4, 0.5) is 16.2 Å². The Morgan fingerprint density at radius 3 is 2.12 bits per heavy atom. The molecule has 0 spiro atoms. The molecule has 2 N–H and O–H groups in total. The molecule has 33 heavy (non-hydrogen) atoms. The Balaban J connectivity index is 1.68. The maximum Gasteiger partial charge on any atom is 0.328 e. The van der Waals surface area contributed by atoms with Crippen molar-refractivity contribution < 1.29 is 19.0 Å². The topological polar surface area (TPSA) is 95.8 Å². The van der Waals surface area contributed by atoms with Crippen molar-refractivity contribution in [3.8, 4) is 23.0 Å². The second-order valence-corrected chi connectivity index (χ2v) is 7.30. The number of carbonyl (C=O) groups is 1. The molecule has 0 aliphatic heterocycles. The number of hydrogen-bond donors (Lipinski definition) is 2. The van der Waals surface area contributed by atoms with Crippen molar-refractivity contribution in [2.45, 2.75) is 0 Å². The number of nitrogens with zero attached hydrogens (tertiary/aromatic N) is 2. The van der Waals surface area contributed by atoms with Gasteiger partial charge in [-0.05, 0) is 30.3 Å². The Hall–Kier alpha value is -4.40. The molecule has 0 fully saturated rings. The van der Waals surface area contributed by atoms with Crippen molar-refractivity contribution in [3.05, 3.63) is 71.1 Å². The van der Waals surface area contributed by atoms with Gasteiger partial charge in [0.25, 0.3) is 0 Å². The highest BCUT2D eigenvalue weighted by molar-refractivity contribution is 6.02.